The van der Waals surface area contributed by atoms with Crippen LogP contribution < -0.4 is 9.47 Å². The summed E-state index contributed by atoms with van der Waals surface area (Å²) in [6.07, 6.45) is 3.82. The highest BCUT2D eigenvalue weighted by Crippen LogP contribution is 2.33. The van der Waals surface area contributed by atoms with Crippen LogP contribution in [0, 0.1) is 0 Å². The fourth-order valence-electron chi connectivity index (χ4n) is 3.70. The summed E-state index contributed by atoms with van der Waals surface area (Å²) in [6, 6.07) is 16.3. The van der Waals surface area contributed by atoms with E-state index in [2.05, 4.69) is 24.3 Å². The topological polar surface area (TPSA) is 38.8 Å². The molecule has 0 spiro atoms. The van der Waals surface area contributed by atoms with Crippen molar-refractivity contribution in [1.29, 1.82) is 0 Å². The number of hydrogen-bond acceptors (Lipinski definition) is 3. The van der Waals surface area contributed by atoms with Crippen LogP contribution in [0.1, 0.15) is 36.3 Å². The molecule has 0 bridgehead atoms. The minimum Gasteiger partial charge on any atom is -0.454 e. The molecule has 0 aliphatic carbocycles. The van der Waals surface area contributed by atoms with Gasteiger partial charge in [-0.05, 0) is 36.1 Å². The van der Waals surface area contributed by atoms with Gasteiger partial charge >= 0.3 is 0 Å². The van der Waals surface area contributed by atoms with E-state index in [1.165, 1.54) is 12.0 Å². The molecular formula is C21H23NO3. The van der Waals surface area contributed by atoms with Gasteiger partial charge in [-0.25, -0.2) is 0 Å². The first-order valence-electron chi connectivity index (χ1n) is 9.01. The molecule has 2 aromatic rings. The van der Waals surface area contributed by atoms with Crippen molar-refractivity contribution < 1.29 is 14.3 Å². The SMILES string of the molecule is O=C(Cc1ccc2c(c1)OCO2)N1CCCCC(c2ccccc2)C1. The van der Waals surface area contributed by atoms with Gasteiger partial charge in [0.2, 0.25) is 12.7 Å². The summed E-state index contributed by atoms with van der Waals surface area (Å²) in [4.78, 5) is 14.9. The summed E-state index contributed by atoms with van der Waals surface area (Å²) < 4.78 is 10.8. The number of rotatable bonds is 3. The predicted molar refractivity (Wildman–Crippen MR) is 95.9 cm³/mol. The van der Waals surface area contributed by atoms with Crippen molar-refractivity contribution in [3.8, 4) is 11.5 Å². The van der Waals surface area contributed by atoms with Crippen molar-refractivity contribution in [2.45, 2.75) is 31.6 Å². The third-order valence-electron chi connectivity index (χ3n) is 5.09. The maximum absolute atomic E-state index is 12.9. The molecular weight excluding hydrogens is 314 g/mol. The van der Waals surface area contributed by atoms with Gasteiger partial charge in [0.05, 0.1) is 6.42 Å². The number of amides is 1. The molecule has 0 aromatic heterocycles. The van der Waals surface area contributed by atoms with Gasteiger partial charge < -0.3 is 14.4 Å². The van der Waals surface area contributed by atoms with Crippen LogP contribution in [0.15, 0.2) is 48.5 Å². The van der Waals surface area contributed by atoms with E-state index in [4.69, 9.17) is 9.47 Å². The van der Waals surface area contributed by atoms with Crippen LogP contribution in [-0.2, 0) is 11.2 Å². The Morgan fingerprint density at radius 1 is 1.04 bits per heavy atom. The highest BCUT2D eigenvalue weighted by Gasteiger charge is 2.23. The van der Waals surface area contributed by atoms with E-state index in [-0.39, 0.29) is 12.7 Å². The van der Waals surface area contributed by atoms with Crippen molar-refractivity contribution in [3.05, 3.63) is 59.7 Å². The molecule has 1 fully saturated rings. The molecule has 0 saturated carbocycles. The summed E-state index contributed by atoms with van der Waals surface area (Å²) in [5.41, 5.74) is 2.32. The monoisotopic (exact) mass is 337 g/mol. The lowest BCUT2D eigenvalue weighted by atomic mass is 9.94. The van der Waals surface area contributed by atoms with E-state index in [0.29, 0.717) is 12.3 Å². The number of hydrogen-bond donors (Lipinski definition) is 0. The van der Waals surface area contributed by atoms with Gasteiger partial charge in [-0.2, -0.15) is 0 Å². The Balaban J connectivity index is 1.45. The van der Waals surface area contributed by atoms with Crippen molar-refractivity contribution in [2.75, 3.05) is 19.9 Å². The van der Waals surface area contributed by atoms with Gasteiger partial charge in [0, 0.05) is 19.0 Å². The Bertz CT molecular complexity index is 744. The third-order valence-corrected chi connectivity index (χ3v) is 5.09. The van der Waals surface area contributed by atoms with E-state index in [1.54, 1.807) is 0 Å². The third kappa shape index (κ3) is 3.63. The fraction of sp³-hybridized carbons (Fsp3) is 0.381. The van der Waals surface area contributed by atoms with E-state index in [0.717, 1.165) is 43.0 Å². The van der Waals surface area contributed by atoms with Crippen LogP contribution >= 0.6 is 0 Å². The highest BCUT2D eigenvalue weighted by atomic mass is 16.7. The van der Waals surface area contributed by atoms with Gasteiger partial charge in [-0.3, -0.25) is 4.79 Å². The van der Waals surface area contributed by atoms with Crippen LogP contribution in [-0.4, -0.2) is 30.7 Å². The average molecular weight is 337 g/mol. The summed E-state index contributed by atoms with van der Waals surface area (Å²) in [6.45, 7) is 1.93. The van der Waals surface area contributed by atoms with E-state index < -0.39 is 0 Å². The van der Waals surface area contributed by atoms with Crippen LogP contribution in [0.25, 0.3) is 0 Å². The van der Waals surface area contributed by atoms with Crippen LogP contribution in [0.3, 0.4) is 0 Å². The summed E-state index contributed by atoms with van der Waals surface area (Å²) in [7, 11) is 0. The molecule has 130 valence electrons. The number of likely N-dealkylation sites (tertiary alicyclic amines) is 1. The summed E-state index contributed by atoms with van der Waals surface area (Å²) in [5, 5.41) is 0. The first kappa shape index (κ1) is 16.0. The van der Waals surface area contributed by atoms with Gasteiger partial charge in [0.1, 0.15) is 0 Å². The molecule has 2 heterocycles. The lowest BCUT2D eigenvalue weighted by Crippen LogP contribution is -2.35. The number of fused-ring (bicyclic) bond motifs is 1. The van der Waals surface area contributed by atoms with Gasteiger partial charge in [0.25, 0.3) is 0 Å². The van der Waals surface area contributed by atoms with Gasteiger partial charge in [-0.15, -0.1) is 0 Å². The predicted octanol–water partition coefficient (Wildman–Crippen LogP) is 3.75. The number of benzene rings is 2. The number of ether oxygens (including phenoxy) is 2. The summed E-state index contributed by atoms with van der Waals surface area (Å²) in [5.74, 6) is 2.13. The molecule has 4 nitrogen and oxygen atoms in total. The fourth-order valence-corrected chi connectivity index (χ4v) is 3.70. The van der Waals surface area contributed by atoms with Crippen LogP contribution in [0.4, 0.5) is 0 Å². The molecule has 2 aromatic carbocycles. The van der Waals surface area contributed by atoms with Crippen molar-refractivity contribution in [1.82, 2.24) is 4.90 Å². The quantitative estimate of drug-likeness (QED) is 0.856. The zero-order valence-electron chi connectivity index (χ0n) is 14.3. The Morgan fingerprint density at radius 2 is 1.88 bits per heavy atom. The van der Waals surface area contributed by atoms with E-state index >= 15 is 0 Å². The lowest BCUT2D eigenvalue weighted by molar-refractivity contribution is -0.130. The molecule has 0 radical (unpaired) electrons. The maximum atomic E-state index is 12.9. The van der Waals surface area contributed by atoms with Gasteiger partial charge in [-0.1, -0.05) is 42.8 Å². The van der Waals surface area contributed by atoms with Crippen molar-refractivity contribution in [3.63, 3.8) is 0 Å². The molecule has 25 heavy (non-hydrogen) atoms. The van der Waals surface area contributed by atoms with Crippen molar-refractivity contribution >= 4 is 5.91 Å². The highest BCUT2D eigenvalue weighted by molar-refractivity contribution is 5.79. The Hall–Kier alpha value is -2.49. The molecule has 1 atom stereocenters. The molecule has 1 amide bonds. The molecule has 4 heteroatoms. The van der Waals surface area contributed by atoms with E-state index in [9.17, 15) is 4.79 Å². The van der Waals surface area contributed by atoms with E-state index in [1.807, 2.05) is 29.2 Å². The minimum atomic E-state index is 0.196. The van der Waals surface area contributed by atoms with Crippen LogP contribution in [0.5, 0.6) is 11.5 Å². The minimum absolute atomic E-state index is 0.196. The Morgan fingerprint density at radius 3 is 2.76 bits per heavy atom. The Kier molecular flexibility index (Phi) is 4.59. The normalized spacial score (nSPS) is 19.5. The second-order valence-corrected chi connectivity index (χ2v) is 6.81. The maximum Gasteiger partial charge on any atom is 0.231 e. The molecule has 2 aliphatic rings. The first-order chi connectivity index (χ1) is 12.3. The van der Waals surface area contributed by atoms with Crippen LogP contribution in [0.2, 0.25) is 0 Å². The molecule has 0 N–H and O–H groups in total. The zero-order chi connectivity index (χ0) is 17.1. The van der Waals surface area contributed by atoms with Crippen molar-refractivity contribution in [2.24, 2.45) is 0 Å². The lowest BCUT2D eigenvalue weighted by Gasteiger charge is -2.25. The number of carbonyl (C=O) groups excluding carboxylic acids is 1. The largest absolute Gasteiger partial charge is 0.454 e. The molecule has 4 rings (SSSR count). The smallest absolute Gasteiger partial charge is 0.231 e. The molecule has 2 aliphatic heterocycles. The number of nitrogens with zero attached hydrogens (tertiary/aromatic N) is 1. The second-order valence-electron chi connectivity index (χ2n) is 6.81. The standard InChI is InChI=1S/C21H23NO3/c23-21(13-16-9-10-19-20(12-16)25-15-24-19)22-11-5-4-8-18(14-22)17-6-2-1-3-7-17/h1-3,6-7,9-10,12,18H,4-5,8,11,13-15H2. The molecule has 1 saturated heterocycles. The molecule has 1 unspecified atom stereocenters. The Labute approximate surface area is 148 Å². The summed E-state index contributed by atoms with van der Waals surface area (Å²) >= 11 is 0. The number of carbonyl (C=O) groups is 1. The average Bonchev–Trinajstić information content (AvgIpc) is 2.96. The second kappa shape index (κ2) is 7.18. The van der Waals surface area contributed by atoms with Gasteiger partial charge in [0.15, 0.2) is 11.5 Å². The zero-order valence-corrected chi connectivity index (χ0v) is 14.3. The first-order valence-corrected chi connectivity index (χ1v) is 9.01.